The van der Waals surface area contributed by atoms with Crippen LogP contribution in [0, 0.1) is 0 Å². The Balaban J connectivity index is 1.60. The van der Waals surface area contributed by atoms with E-state index in [1.807, 2.05) is 12.1 Å². The fourth-order valence-corrected chi connectivity index (χ4v) is 3.07. The van der Waals surface area contributed by atoms with Gasteiger partial charge in [0.05, 0.1) is 0 Å². The summed E-state index contributed by atoms with van der Waals surface area (Å²) in [6, 6.07) is 20.8. The summed E-state index contributed by atoms with van der Waals surface area (Å²) in [5.74, 6) is 2.41. The first-order valence-corrected chi connectivity index (χ1v) is 8.56. The molecule has 2 heterocycles. The number of rotatable bonds is 4. The molecule has 0 aromatic heterocycles. The van der Waals surface area contributed by atoms with E-state index in [-0.39, 0.29) is 0 Å². The van der Waals surface area contributed by atoms with E-state index in [1.54, 1.807) is 0 Å². The van der Waals surface area contributed by atoms with Gasteiger partial charge >= 0.3 is 0 Å². The Labute approximate surface area is 152 Å². The van der Waals surface area contributed by atoms with Crippen LogP contribution < -0.4 is 32.7 Å². The number of nitrogens with one attached hydrogen (secondary N) is 4. The number of nitrogens with two attached hydrogens (primary N) is 2. The van der Waals surface area contributed by atoms with Crippen LogP contribution >= 0.6 is 0 Å². The van der Waals surface area contributed by atoms with E-state index < -0.39 is 0 Å². The fourth-order valence-electron chi connectivity index (χ4n) is 3.07. The first-order chi connectivity index (χ1) is 12.7. The summed E-state index contributed by atoms with van der Waals surface area (Å²) in [6.45, 7) is 0. The van der Waals surface area contributed by atoms with Crippen LogP contribution in [0.3, 0.4) is 0 Å². The highest BCUT2D eigenvalue weighted by molar-refractivity contribution is 5.39. The van der Waals surface area contributed by atoms with Crippen LogP contribution in [-0.2, 0) is 12.8 Å². The Morgan fingerprint density at radius 2 is 0.923 bits per heavy atom. The van der Waals surface area contributed by atoms with Gasteiger partial charge in [-0.3, -0.25) is 0 Å². The zero-order valence-electron chi connectivity index (χ0n) is 14.3. The highest BCUT2D eigenvalue weighted by atomic mass is 15.3. The van der Waals surface area contributed by atoms with Gasteiger partial charge in [0.25, 0.3) is 0 Å². The van der Waals surface area contributed by atoms with Gasteiger partial charge in [0, 0.05) is 24.2 Å². The predicted molar refractivity (Wildman–Crippen MR) is 102 cm³/mol. The average molecular weight is 346 g/mol. The van der Waals surface area contributed by atoms with Crippen LogP contribution in [-0.4, -0.2) is 0 Å². The molecule has 0 aliphatic carbocycles. The van der Waals surface area contributed by atoms with Crippen molar-refractivity contribution < 1.29 is 0 Å². The lowest BCUT2D eigenvalue weighted by atomic mass is 10.1. The molecule has 0 saturated carbocycles. The predicted octanol–water partition coefficient (Wildman–Crippen LogP) is 1.24. The molecule has 2 aliphatic rings. The fraction of sp³-hybridized carbons (Fsp3) is 0.100. The molecule has 0 amide bonds. The van der Waals surface area contributed by atoms with E-state index in [0.717, 1.165) is 35.9 Å². The summed E-state index contributed by atoms with van der Waals surface area (Å²) in [4.78, 5) is 0. The molecule has 6 nitrogen and oxygen atoms in total. The summed E-state index contributed by atoms with van der Waals surface area (Å²) >= 11 is 0. The average Bonchev–Trinajstić information content (AvgIpc) is 3.20. The minimum atomic E-state index is 0.428. The van der Waals surface area contributed by atoms with Gasteiger partial charge in [-0.1, -0.05) is 60.7 Å². The maximum Gasteiger partial charge on any atom is 0.152 e. The van der Waals surface area contributed by atoms with Gasteiger partial charge in [-0.05, 0) is 11.1 Å². The Morgan fingerprint density at radius 3 is 1.35 bits per heavy atom. The zero-order valence-corrected chi connectivity index (χ0v) is 14.3. The smallest absolute Gasteiger partial charge is 0.152 e. The van der Waals surface area contributed by atoms with E-state index in [2.05, 4.69) is 69.8 Å². The number of allylic oxidation sites excluding steroid dienone is 2. The second-order valence-electron chi connectivity index (χ2n) is 6.36. The van der Waals surface area contributed by atoms with E-state index in [9.17, 15) is 0 Å². The molecule has 6 heteroatoms. The molecular formula is C20H22N6. The van der Waals surface area contributed by atoms with Gasteiger partial charge in [-0.2, -0.15) is 0 Å². The summed E-state index contributed by atoms with van der Waals surface area (Å²) in [5, 5.41) is 13.1. The van der Waals surface area contributed by atoms with Crippen molar-refractivity contribution in [3.8, 4) is 0 Å². The van der Waals surface area contributed by atoms with Crippen LogP contribution in [0.4, 0.5) is 0 Å². The molecule has 2 aromatic rings. The van der Waals surface area contributed by atoms with Gasteiger partial charge < -0.3 is 32.7 Å². The summed E-state index contributed by atoms with van der Waals surface area (Å²) < 4.78 is 0. The van der Waals surface area contributed by atoms with E-state index >= 15 is 0 Å². The van der Waals surface area contributed by atoms with Crippen molar-refractivity contribution in [1.29, 1.82) is 0 Å². The van der Waals surface area contributed by atoms with Crippen LogP contribution in [0.1, 0.15) is 11.1 Å². The lowest BCUT2D eigenvalue weighted by Crippen LogP contribution is -2.28. The van der Waals surface area contributed by atoms with Crippen molar-refractivity contribution in [1.82, 2.24) is 21.3 Å². The van der Waals surface area contributed by atoms with Crippen molar-refractivity contribution in [2.75, 3.05) is 0 Å². The molecule has 2 aromatic carbocycles. The highest BCUT2D eigenvalue weighted by Crippen LogP contribution is 2.21. The molecular weight excluding hydrogens is 324 g/mol. The summed E-state index contributed by atoms with van der Waals surface area (Å²) in [5.41, 5.74) is 16.4. The van der Waals surface area contributed by atoms with Gasteiger partial charge in [0.15, 0.2) is 5.82 Å². The second kappa shape index (κ2) is 6.76. The van der Waals surface area contributed by atoms with E-state index in [4.69, 9.17) is 11.5 Å². The third-order valence-electron chi connectivity index (χ3n) is 4.42. The molecule has 8 N–H and O–H groups in total. The summed E-state index contributed by atoms with van der Waals surface area (Å²) in [7, 11) is 0. The lowest BCUT2D eigenvalue weighted by molar-refractivity contribution is 0.801. The maximum atomic E-state index is 5.83. The number of hydrogen-bond acceptors (Lipinski definition) is 6. The minimum absolute atomic E-state index is 0.428. The van der Waals surface area contributed by atoms with Crippen molar-refractivity contribution in [3.63, 3.8) is 0 Å². The highest BCUT2D eigenvalue weighted by Gasteiger charge is 2.24. The monoisotopic (exact) mass is 346 g/mol. The molecule has 132 valence electrons. The third kappa shape index (κ3) is 3.30. The van der Waals surface area contributed by atoms with E-state index in [0.29, 0.717) is 11.6 Å². The molecule has 0 unspecified atom stereocenters. The van der Waals surface area contributed by atoms with Gasteiger partial charge in [0.1, 0.15) is 17.5 Å². The number of benzene rings is 2. The quantitative estimate of drug-likeness (QED) is 0.498. The normalized spacial score (nSPS) is 16.3. The molecule has 0 radical (unpaired) electrons. The molecule has 2 aliphatic heterocycles. The topological polar surface area (TPSA) is 100 Å². The van der Waals surface area contributed by atoms with E-state index in [1.165, 1.54) is 11.1 Å². The molecule has 4 rings (SSSR count). The molecule has 0 bridgehead atoms. The van der Waals surface area contributed by atoms with Gasteiger partial charge in [-0.25, -0.2) is 0 Å². The first kappa shape index (κ1) is 16.0. The second-order valence-corrected chi connectivity index (χ2v) is 6.36. The van der Waals surface area contributed by atoms with Crippen LogP contribution in [0.15, 0.2) is 95.3 Å². The van der Waals surface area contributed by atoms with Crippen LogP contribution in [0.25, 0.3) is 0 Å². The Hall–Kier alpha value is -3.54. The van der Waals surface area contributed by atoms with Crippen molar-refractivity contribution in [2.24, 2.45) is 11.5 Å². The maximum absolute atomic E-state index is 5.83. The van der Waals surface area contributed by atoms with Crippen molar-refractivity contribution in [2.45, 2.75) is 12.8 Å². The minimum Gasteiger partial charge on any atom is -0.382 e. The molecule has 0 fully saturated rings. The SMILES string of the molecule is NC1=C(N)NC(=C2NC(Cc3ccccc3)=C(Cc3ccccc3)N2)N1. The number of hydrogen-bond donors (Lipinski definition) is 6. The Kier molecular flexibility index (Phi) is 4.15. The van der Waals surface area contributed by atoms with Crippen LogP contribution in [0.2, 0.25) is 0 Å². The molecule has 0 spiro atoms. The Bertz CT molecular complexity index is 825. The van der Waals surface area contributed by atoms with Gasteiger partial charge in [-0.15, -0.1) is 0 Å². The zero-order chi connectivity index (χ0) is 17.9. The molecule has 0 saturated heterocycles. The lowest BCUT2D eigenvalue weighted by Gasteiger charge is -2.09. The largest absolute Gasteiger partial charge is 0.382 e. The molecule has 0 atom stereocenters. The van der Waals surface area contributed by atoms with Gasteiger partial charge in [0.2, 0.25) is 0 Å². The first-order valence-electron chi connectivity index (χ1n) is 8.56. The van der Waals surface area contributed by atoms with Crippen molar-refractivity contribution >= 4 is 0 Å². The molecule has 26 heavy (non-hydrogen) atoms. The van der Waals surface area contributed by atoms with Crippen molar-refractivity contribution in [3.05, 3.63) is 106 Å². The van der Waals surface area contributed by atoms with Crippen LogP contribution in [0.5, 0.6) is 0 Å². The standard InChI is InChI=1S/C20H22N6/c21-17-18(22)26-20(25-17)19-23-15(11-13-7-3-1-4-8-13)16(24-19)12-14-9-5-2-6-10-14/h1-10,23-26H,11-12,21-22H2. The summed E-state index contributed by atoms with van der Waals surface area (Å²) in [6.07, 6.45) is 1.62. The third-order valence-corrected chi connectivity index (χ3v) is 4.42. The Morgan fingerprint density at radius 1 is 0.538 bits per heavy atom.